The third kappa shape index (κ3) is 3.67. The van der Waals surface area contributed by atoms with Crippen molar-refractivity contribution in [2.45, 2.75) is 30.2 Å². The summed E-state index contributed by atoms with van der Waals surface area (Å²) in [6, 6.07) is 5.76. The predicted molar refractivity (Wildman–Crippen MR) is 58.9 cm³/mol. The molecule has 1 N–H and O–H groups in total. The summed E-state index contributed by atoms with van der Waals surface area (Å²) < 4.78 is 0.829. The Hall–Kier alpha value is -0.0600. The molecule has 1 aromatic heterocycles. The van der Waals surface area contributed by atoms with Crippen LogP contribution in [0.25, 0.3) is 0 Å². The molecule has 0 saturated carbocycles. The average molecular weight is 262 g/mol. The first-order valence-electron chi connectivity index (χ1n) is 4.07. The normalized spacial score (nSPS) is 15.4. The number of nitrogens with zero attached hydrogens (tertiary/aromatic N) is 1. The third-order valence-electron chi connectivity index (χ3n) is 1.68. The van der Waals surface area contributed by atoms with Crippen LogP contribution in [-0.4, -0.2) is 21.4 Å². The van der Waals surface area contributed by atoms with Gasteiger partial charge < -0.3 is 5.11 Å². The molecular formula is C9H12BrNOS. The van der Waals surface area contributed by atoms with Crippen LogP contribution in [0.3, 0.4) is 0 Å². The number of hydrogen-bond acceptors (Lipinski definition) is 3. The standard InChI is InChI=1S/C9H12BrNOS/c1-6(12)7(2)13-9-5-3-4-8(10)11-9/h3-7,12H,1-2H3. The zero-order chi connectivity index (χ0) is 9.84. The number of aliphatic hydroxyl groups excluding tert-OH is 1. The molecule has 0 aliphatic heterocycles. The molecular weight excluding hydrogens is 250 g/mol. The lowest BCUT2D eigenvalue weighted by molar-refractivity contribution is 0.196. The van der Waals surface area contributed by atoms with Crippen LogP contribution in [0.5, 0.6) is 0 Å². The van der Waals surface area contributed by atoms with Gasteiger partial charge >= 0.3 is 0 Å². The fraction of sp³-hybridized carbons (Fsp3) is 0.444. The molecule has 4 heteroatoms. The van der Waals surface area contributed by atoms with Crippen molar-refractivity contribution in [1.82, 2.24) is 4.98 Å². The summed E-state index contributed by atoms with van der Waals surface area (Å²) in [5, 5.41) is 10.4. The van der Waals surface area contributed by atoms with Crippen molar-refractivity contribution >= 4 is 27.7 Å². The molecule has 0 bridgehead atoms. The predicted octanol–water partition coefficient (Wildman–Crippen LogP) is 2.71. The number of halogens is 1. The van der Waals surface area contributed by atoms with Gasteiger partial charge in [0.1, 0.15) is 4.60 Å². The fourth-order valence-corrected chi connectivity index (χ4v) is 2.09. The van der Waals surface area contributed by atoms with Gasteiger partial charge in [0.15, 0.2) is 0 Å². The van der Waals surface area contributed by atoms with Crippen LogP contribution in [0.15, 0.2) is 27.8 Å². The van der Waals surface area contributed by atoms with E-state index in [0.29, 0.717) is 0 Å². The number of aliphatic hydroxyl groups is 1. The molecule has 0 saturated heterocycles. The van der Waals surface area contributed by atoms with Gasteiger partial charge in [0.25, 0.3) is 0 Å². The molecule has 2 nitrogen and oxygen atoms in total. The quantitative estimate of drug-likeness (QED) is 0.671. The highest BCUT2D eigenvalue weighted by molar-refractivity contribution is 9.10. The van der Waals surface area contributed by atoms with Gasteiger partial charge in [-0.2, -0.15) is 0 Å². The molecule has 0 amide bonds. The highest BCUT2D eigenvalue weighted by Gasteiger charge is 2.10. The molecule has 1 aromatic rings. The van der Waals surface area contributed by atoms with Gasteiger partial charge in [-0.25, -0.2) is 4.98 Å². The molecule has 13 heavy (non-hydrogen) atoms. The molecule has 0 aromatic carbocycles. The van der Waals surface area contributed by atoms with Crippen molar-refractivity contribution in [2.75, 3.05) is 0 Å². The molecule has 2 unspecified atom stereocenters. The number of rotatable bonds is 3. The fourth-order valence-electron chi connectivity index (χ4n) is 0.744. The summed E-state index contributed by atoms with van der Waals surface area (Å²) in [5.74, 6) is 0. The van der Waals surface area contributed by atoms with Crippen LogP contribution in [0.1, 0.15) is 13.8 Å². The van der Waals surface area contributed by atoms with Gasteiger partial charge in [-0.05, 0) is 35.0 Å². The number of pyridine rings is 1. The van der Waals surface area contributed by atoms with Gasteiger partial charge in [-0.1, -0.05) is 13.0 Å². The third-order valence-corrected chi connectivity index (χ3v) is 3.35. The molecule has 0 aliphatic carbocycles. The molecule has 1 rings (SSSR count). The summed E-state index contributed by atoms with van der Waals surface area (Å²) in [6.45, 7) is 3.77. The SMILES string of the molecule is CC(O)C(C)Sc1cccc(Br)n1. The van der Waals surface area contributed by atoms with E-state index >= 15 is 0 Å². The summed E-state index contributed by atoms with van der Waals surface area (Å²) >= 11 is 4.88. The second-order valence-electron chi connectivity index (χ2n) is 2.86. The van der Waals surface area contributed by atoms with Crippen LogP contribution in [-0.2, 0) is 0 Å². The first-order valence-corrected chi connectivity index (χ1v) is 5.74. The molecule has 0 fully saturated rings. The Morgan fingerprint density at radius 1 is 1.46 bits per heavy atom. The Bertz CT molecular complexity index is 280. The number of hydrogen-bond donors (Lipinski definition) is 1. The summed E-state index contributed by atoms with van der Waals surface area (Å²) in [7, 11) is 0. The van der Waals surface area contributed by atoms with Gasteiger partial charge in [-0.3, -0.25) is 0 Å². The second kappa shape index (κ2) is 4.98. The Morgan fingerprint density at radius 2 is 2.15 bits per heavy atom. The summed E-state index contributed by atoms with van der Waals surface area (Å²) in [4.78, 5) is 4.26. The zero-order valence-electron chi connectivity index (χ0n) is 7.57. The maximum Gasteiger partial charge on any atom is 0.107 e. The summed E-state index contributed by atoms with van der Waals surface area (Å²) in [6.07, 6.45) is -0.314. The monoisotopic (exact) mass is 261 g/mol. The molecule has 0 aliphatic rings. The van der Waals surface area contributed by atoms with E-state index in [1.54, 1.807) is 18.7 Å². The van der Waals surface area contributed by atoms with Crippen molar-refractivity contribution in [3.63, 3.8) is 0 Å². The van der Waals surface area contributed by atoms with E-state index in [1.165, 1.54) is 0 Å². The van der Waals surface area contributed by atoms with Crippen LogP contribution < -0.4 is 0 Å². The molecule has 1 heterocycles. The first kappa shape index (κ1) is 11.0. The molecule has 2 atom stereocenters. The van der Waals surface area contributed by atoms with Gasteiger partial charge in [0.05, 0.1) is 11.1 Å². The Kier molecular flexibility index (Phi) is 4.22. The highest BCUT2D eigenvalue weighted by Crippen LogP contribution is 2.24. The summed E-state index contributed by atoms with van der Waals surface area (Å²) in [5.41, 5.74) is 0. The van der Waals surface area contributed by atoms with Crippen LogP contribution in [0, 0.1) is 0 Å². The minimum absolute atomic E-state index is 0.168. The van der Waals surface area contributed by atoms with Crippen molar-refractivity contribution in [3.05, 3.63) is 22.8 Å². The van der Waals surface area contributed by atoms with Gasteiger partial charge in [0.2, 0.25) is 0 Å². The van der Waals surface area contributed by atoms with Crippen LogP contribution in [0.4, 0.5) is 0 Å². The molecule has 0 spiro atoms. The Balaban J connectivity index is 2.64. The largest absolute Gasteiger partial charge is 0.392 e. The van der Waals surface area contributed by atoms with E-state index in [4.69, 9.17) is 0 Å². The van der Waals surface area contributed by atoms with Crippen molar-refractivity contribution < 1.29 is 5.11 Å². The van der Waals surface area contributed by atoms with E-state index in [-0.39, 0.29) is 11.4 Å². The number of thioether (sulfide) groups is 1. The lowest BCUT2D eigenvalue weighted by Crippen LogP contribution is -2.15. The average Bonchev–Trinajstić information content (AvgIpc) is 2.04. The van der Waals surface area contributed by atoms with Crippen LogP contribution in [0.2, 0.25) is 0 Å². The Labute approximate surface area is 90.9 Å². The Morgan fingerprint density at radius 3 is 2.69 bits per heavy atom. The van der Waals surface area contributed by atoms with E-state index in [0.717, 1.165) is 9.63 Å². The first-order chi connectivity index (χ1) is 6.09. The van der Waals surface area contributed by atoms with Gasteiger partial charge in [-0.15, -0.1) is 11.8 Å². The lowest BCUT2D eigenvalue weighted by Gasteiger charge is -2.12. The maximum absolute atomic E-state index is 9.29. The lowest BCUT2D eigenvalue weighted by atomic mass is 10.3. The van der Waals surface area contributed by atoms with Crippen LogP contribution >= 0.6 is 27.7 Å². The van der Waals surface area contributed by atoms with E-state index < -0.39 is 0 Å². The minimum atomic E-state index is -0.314. The van der Waals surface area contributed by atoms with Gasteiger partial charge in [0, 0.05) is 5.25 Å². The van der Waals surface area contributed by atoms with Crippen molar-refractivity contribution in [1.29, 1.82) is 0 Å². The molecule has 72 valence electrons. The topological polar surface area (TPSA) is 33.1 Å². The minimum Gasteiger partial charge on any atom is -0.392 e. The van der Waals surface area contributed by atoms with E-state index in [2.05, 4.69) is 20.9 Å². The number of aromatic nitrogens is 1. The maximum atomic E-state index is 9.29. The van der Waals surface area contributed by atoms with Crippen molar-refractivity contribution in [3.8, 4) is 0 Å². The highest BCUT2D eigenvalue weighted by atomic mass is 79.9. The molecule has 0 radical (unpaired) electrons. The second-order valence-corrected chi connectivity index (χ2v) is 5.07. The van der Waals surface area contributed by atoms with Crippen molar-refractivity contribution in [2.24, 2.45) is 0 Å². The smallest absolute Gasteiger partial charge is 0.107 e. The van der Waals surface area contributed by atoms with E-state index in [9.17, 15) is 5.11 Å². The van der Waals surface area contributed by atoms with E-state index in [1.807, 2.05) is 25.1 Å². The zero-order valence-corrected chi connectivity index (χ0v) is 9.97.